The second-order valence-corrected chi connectivity index (χ2v) is 7.94. The highest BCUT2D eigenvalue weighted by atomic mass is 79.9. The van der Waals surface area contributed by atoms with Crippen molar-refractivity contribution in [3.8, 4) is 0 Å². The molecule has 0 aliphatic heterocycles. The van der Waals surface area contributed by atoms with Crippen molar-refractivity contribution in [3.63, 3.8) is 0 Å². The van der Waals surface area contributed by atoms with E-state index in [-0.39, 0.29) is 13.2 Å². The average molecular weight is 356 g/mol. The SMILES string of the molecule is CCOC(=O)CS(=O)(=O)N(C)Cc1csc(Br)c1. The first-order valence-electron chi connectivity index (χ1n) is 5.17. The Morgan fingerprint density at radius 2 is 2.22 bits per heavy atom. The number of ether oxygens (including phenoxy) is 1. The molecule has 0 aliphatic rings. The highest BCUT2D eigenvalue weighted by Gasteiger charge is 2.23. The maximum atomic E-state index is 11.8. The lowest BCUT2D eigenvalue weighted by Gasteiger charge is -2.15. The maximum Gasteiger partial charge on any atom is 0.322 e. The molecule has 0 atom stereocenters. The fourth-order valence-electron chi connectivity index (χ4n) is 1.25. The van der Waals surface area contributed by atoms with E-state index < -0.39 is 21.7 Å². The fourth-order valence-corrected chi connectivity index (χ4v) is 3.39. The van der Waals surface area contributed by atoms with Crippen molar-refractivity contribution in [1.29, 1.82) is 0 Å². The van der Waals surface area contributed by atoms with Gasteiger partial charge in [-0.05, 0) is 39.9 Å². The quantitative estimate of drug-likeness (QED) is 0.730. The Labute approximate surface area is 119 Å². The van der Waals surface area contributed by atoms with E-state index in [0.29, 0.717) is 0 Å². The lowest BCUT2D eigenvalue weighted by molar-refractivity contribution is -0.140. The van der Waals surface area contributed by atoms with Crippen molar-refractivity contribution in [3.05, 3.63) is 20.8 Å². The maximum absolute atomic E-state index is 11.8. The number of thiophene rings is 1. The predicted molar refractivity (Wildman–Crippen MR) is 73.9 cm³/mol. The summed E-state index contributed by atoms with van der Waals surface area (Å²) in [6.07, 6.45) is 0. The molecule has 1 aromatic heterocycles. The lowest BCUT2D eigenvalue weighted by Crippen LogP contribution is -2.32. The summed E-state index contributed by atoms with van der Waals surface area (Å²) in [5.41, 5.74) is 0.877. The van der Waals surface area contributed by atoms with Crippen LogP contribution in [-0.4, -0.2) is 38.1 Å². The number of nitrogens with zero attached hydrogens (tertiary/aromatic N) is 1. The van der Waals surface area contributed by atoms with Crippen LogP contribution in [0.15, 0.2) is 15.2 Å². The smallest absolute Gasteiger partial charge is 0.322 e. The van der Waals surface area contributed by atoms with E-state index in [1.54, 1.807) is 6.92 Å². The number of halogens is 1. The van der Waals surface area contributed by atoms with Crippen LogP contribution in [0.2, 0.25) is 0 Å². The standard InChI is InChI=1S/C10H14BrNO4S2/c1-3-16-10(13)7-18(14,15)12(2)5-8-4-9(11)17-6-8/h4,6H,3,5,7H2,1-2H3. The Morgan fingerprint density at radius 1 is 1.56 bits per heavy atom. The van der Waals surface area contributed by atoms with Gasteiger partial charge >= 0.3 is 5.97 Å². The van der Waals surface area contributed by atoms with Gasteiger partial charge in [0.05, 0.1) is 10.4 Å². The highest BCUT2D eigenvalue weighted by Crippen LogP contribution is 2.22. The summed E-state index contributed by atoms with van der Waals surface area (Å²) in [5, 5.41) is 1.86. The number of sulfonamides is 1. The van der Waals surface area contributed by atoms with E-state index in [2.05, 4.69) is 20.7 Å². The van der Waals surface area contributed by atoms with E-state index in [1.807, 2.05) is 11.4 Å². The van der Waals surface area contributed by atoms with Crippen LogP contribution in [0.1, 0.15) is 12.5 Å². The van der Waals surface area contributed by atoms with Crippen LogP contribution in [0, 0.1) is 0 Å². The van der Waals surface area contributed by atoms with Crippen LogP contribution >= 0.6 is 27.3 Å². The van der Waals surface area contributed by atoms with Crippen molar-refractivity contribution in [2.45, 2.75) is 13.5 Å². The number of esters is 1. The second-order valence-electron chi connectivity index (χ2n) is 3.58. The summed E-state index contributed by atoms with van der Waals surface area (Å²) in [6, 6.07) is 1.85. The van der Waals surface area contributed by atoms with Gasteiger partial charge in [0.15, 0.2) is 5.75 Å². The van der Waals surface area contributed by atoms with Crippen molar-refractivity contribution in [2.75, 3.05) is 19.4 Å². The van der Waals surface area contributed by atoms with Gasteiger partial charge in [-0.3, -0.25) is 4.79 Å². The molecule has 0 radical (unpaired) electrons. The molecular formula is C10H14BrNO4S2. The van der Waals surface area contributed by atoms with Crippen molar-refractivity contribution in [1.82, 2.24) is 4.31 Å². The van der Waals surface area contributed by atoms with Crippen molar-refractivity contribution < 1.29 is 17.9 Å². The number of carbonyl (C=O) groups is 1. The molecule has 102 valence electrons. The first-order chi connectivity index (χ1) is 8.35. The molecule has 0 bridgehead atoms. The molecule has 0 amide bonds. The largest absolute Gasteiger partial charge is 0.465 e. The topological polar surface area (TPSA) is 63.7 Å². The third kappa shape index (κ3) is 4.68. The summed E-state index contributed by atoms with van der Waals surface area (Å²) in [4.78, 5) is 11.2. The summed E-state index contributed by atoms with van der Waals surface area (Å²) in [7, 11) is -2.18. The van der Waals surface area contributed by atoms with E-state index in [9.17, 15) is 13.2 Å². The number of hydrogen-bond donors (Lipinski definition) is 0. The first kappa shape index (κ1) is 15.6. The zero-order chi connectivity index (χ0) is 13.8. The van der Waals surface area contributed by atoms with E-state index in [1.165, 1.54) is 18.4 Å². The Kier molecular flexibility index (Phi) is 5.77. The molecule has 1 rings (SSSR count). The molecule has 1 heterocycles. The molecule has 0 saturated carbocycles. The normalized spacial score (nSPS) is 11.8. The van der Waals surface area contributed by atoms with Gasteiger partial charge in [-0.1, -0.05) is 0 Å². The Balaban J connectivity index is 2.64. The van der Waals surface area contributed by atoms with Crippen molar-refractivity contribution in [2.24, 2.45) is 0 Å². The molecular weight excluding hydrogens is 342 g/mol. The van der Waals surface area contributed by atoms with Crippen LogP contribution in [0.25, 0.3) is 0 Å². The number of carbonyl (C=O) groups excluding carboxylic acids is 1. The lowest BCUT2D eigenvalue weighted by atomic mass is 10.3. The van der Waals surface area contributed by atoms with Gasteiger partial charge in [0.25, 0.3) is 0 Å². The molecule has 18 heavy (non-hydrogen) atoms. The summed E-state index contributed by atoms with van der Waals surface area (Å²) in [5.74, 6) is -1.35. The minimum Gasteiger partial charge on any atom is -0.465 e. The summed E-state index contributed by atoms with van der Waals surface area (Å²) < 4.78 is 30.4. The van der Waals surface area contributed by atoms with Crippen LogP contribution in [-0.2, 0) is 26.1 Å². The molecule has 0 fully saturated rings. The van der Waals surface area contributed by atoms with Crippen molar-refractivity contribution >= 4 is 43.3 Å². The van der Waals surface area contributed by atoms with Crippen LogP contribution in [0.5, 0.6) is 0 Å². The van der Waals surface area contributed by atoms with Gasteiger partial charge in [0.2, 0.25) is 10.0 Å². The molecule has 0 spiro atoms. The van der Waals surface area contributed by atoms with Gasteiger partial charge < -0.3 is 4.74 Å². The van der Waals surface area contributed by atoms with Crippen LogP contribution < -0.4 is 0 Å². The number of rotatable bonds is 6. The Morgan fingerprint density at radius 3 is 2.72 bits per heavy atom. The molecule has 5 nitrogen and oxygen atoms in total. The van der Waals surface area contributed by atoms with Gasteiger partial charge in [-0.25, -0.2) is 12.7 Å². The van der Waals surface area contributed by atoms with Gasteiger partial charge in [-0.2, -0.15) is 0 Å². The predicted octanol–water partition coefficient (Wildman–Crippen LogP) is 1.84. The zero-order valence-corrected chi connectivity index (χ0v) is 13.3. The van der Waals surface area contributed by atoms with Gasteiger partial charge in [0.1, 0.15) is 0 Å². The molecule has 0 aromatic carbocycles. The summed E-state index contributed by atoms with van der Waals surface area (Å²) >= 11 is 4.79. The first-order valence-corrected chi connectivity index (χ1v) is 8.46. The third-order valence-electron chi connectivity index (χ3n) is 2.11. The molecule has 0 N–H and O–H groups in total. The van der Waals surface area contributed by atoms with Gasteiger partial charge in [-0.15, -0.1) is 11.3 Å². The van der Waals surface area contributed by atoms with E-state index in [0.717, 1.165) is 13.7 Å². The second kappa shape index (κ2) is 6.65. The number of hydrogen-bond acceptors (Lipinski definition) is 5. The molecule has 1 aromatic rings. The minimum absolute atomic E-state index is 0.176. The fraction of sp³-hybridized carbons (Fsp3) is 0.500. The molecule has 0 saturated heterocycles. The minimum atomic E-state index is -3.62. The third-order valence-corrected chi connectivity index (χ3v) is 5.34. The van der Waals surface area contributed by atoms with E-state index >= 15 is 0 Å². The monoisotopic (exact) mass is 355 g/mol. The molecule has 8 heteroatoms. The Hall–Kier alpha value is -0.440. The molecule has 0 aliphatic carbocycles. The van der Waals surface area contributed by atoms with Crippen LogP contribution in [0.3, 0.4) is 0 Å². The highest BCUT2D eigenvalue weighted by molar-refractivity contribution is 9.11. The average Bonchev–Trinajstić information content (AvgIpc) is 2.63. The van der Waals surface area contributed by atoms with E-state index in [4.69, 9.17) is 0 Å². The zero-order valence-electron chi connectivity index (χ0n) is 10.1. The van der Waals surface area contributed by atoms with Crippen LogP contribution in [0.4, 0.5) is 0 Å². The molecule has 0 unspecified atom stereocenters. The van der Waals surface area contributed by atoms with Gasteiger partial charge in [0, 0.05) is 13.6 Å². The Bertz CT molecular complexity index is 512. The summed E-state index contributed by atoms with van der Waals surface area (Å²) in [6.45, 7) is 2.05.